The van der Waals surface area contributed by atoms with Gasteiger partial charge >= 0.3 is 0 Å². The zero-order valence-corrected chi connectivity index (χ0v) is 14.8. The van der Waals surface area contributed by atoms with E-state index in [1.807, 2.05) is 6.26 Å². The molecule has 0 bridgehead atoms. The van der Waals surface area contributed by atoms with Crippen LogP contribution in [-0.4, -0.2) is 34.8 Å². The number of thiazole rings is 1. The minimum atomic E-state index is -0.643. The zero-order chi connectivity index (χ0) is 16.7. The molecule has 0 spiro atoms. The summed E-state index contributed by atoms with van der Waals surface area (Å²) < 4.78 is 0. The van der Waals surface area contributed by atoms with Crippen molar-refractivity contribution < 1.29 is 9.59 Å². The number of benzene rings is 1. The Hall–Kier alpha value is -1.57. The summed E-state index contributed by atoms with van der Waals surface area (Å²) in [6, 6.07) is 6.10. The van der Waals surface area contributed by atoms with Gasteiger partial charge in [0, 0.05) is 11.6 Å². The third kappa shape index (κ3) is 5.23. The van der Waals surface area contributed by atoms with Gasteiger partial charge in [0.25, 0.3) is 5.91 Å². The van der Waals surface area contributed by atoms with Gasteiger partial charge in [-0.25, -0.2) is 4.98 Å². The first-order chi connectivity index (χ1) is 11.1. The van der Waals surface area contributed by atoms with Crippen molar-refractivity contribution in [3.63, 3.8) is 0 Å². The van der Waals surface area contributed by atoms with Crippen molar-refractivity contribution in [3.8, 4) is 0 Å². The van der Waals surface area contributed by atoms with E-state index in [1.54, 1.807) is 47.6 Å². The Bertz CT molecular complexity index is 665. The molecule has 2 amide bonds. The topological polar surface area (TPSA) is 71.1 Å². The zero-order valence-electron chi connectivity index (χ0n) is 12.4. The van der Waals surface area contributed by atoms with Gasteiger partial charge in [0.1, 0.15) is 6.04 Å². The number of amides is 2. The van der Waals surface area contributed by atoms with Crippen LogP contribution in [0.4, 0.5) is 5.13 Å². The third-order valence-electron chi connectivity index (χ3n) is 3.01. The van der Waals surface area contributed by atoms with Crippen LogP contribution >= 0.6 is 34.7 Å². The summed E-state index contributed by atoms with van der Waals surface area (Å²) in [5.74, 6) is 0.101. The lowest BCUT2D eigenvalue weighted by atomic mass is 10.1. The van der Waals surface area contributed by atoms with Gasteiger partial charge in [0.15, 0.2) is 5.13 Å². The van der Waals surface area contributed by atoms with Gasteiger partial charge in [-0.2, -0.15) is 11.8 Å². The molecule has 23 heavy (non-hydrogen) atoms. The predicted octanol–water partition coefficient (Wildman–Crippen LogP) is 3.29. The summed E-state index contributed by atoms with van der Waals surface area (Å²) in [6.45, 7) is 0. The van der Waals surface area contributed by atoms with Crippen molar-refractivity contribution >= 4 is 51.6 Å². The number of carbonyl (C=O) groups excluding carboxylic acids is 2. The lowest BCUT2D eigenvalue weighted by Crippen LogP contribution is -2.44. The third-order valence-corrected chi connectivity index (χ3v) is 4.68. The van der Waals surface area contributed by atoms with Crippen LogP contribution in [0.2, 0.25) is 5.02 Å². The van der Waals surface area contributed by atoms with Crippen LogP contribution in [0.15, 0.2) is 35.8 Å². The van der Waals surface area contributed by atoms with Gasteiger partial charge in [0.05, 0.1) is 10.6 Å². The summed E-state index contributed by atoms with van der Waals surface area (Å²) in [4.78, 5) is 28.7. The van der Waals surface area contributed by atoms with Crippen LogP contribution in [0, 0.1) is 0 Å². The lowest BCUT2D eigenvalue weighted by Gasteiger charge is -2.17. The highest BCUT2D eigenvalue weighted by molar-refractivity contribution is 7.98. The van der Waals surface area contributed by atoms with Gasteiger partial charge in [0.2, 0.25) is 5.91 Å². The SMILES string of the molecule is CSCCC(NC(=O)c1ccccc1Cl)C(=O)Nc1nccs1. The Kier molecular flexibility index (Phi) is 6.88. The number of rotatable bonds is 7. The molecule has 122 valence electrons. The number of nitrogens with one attached hydrogen (secondary N) is 2. The molecule has 0 saturated carbocycles. The predicted molar refractivity (Wildman–Crippen MR) is 96.4 cm³/mol. The van der Waals surface area contributed by atoms with Gasteiger partial charge in [-0.05, 0) is 30.6 Å². The van der Waals surface area contributed by atoms with E-state index >= 15 is 0 Å². The lowest BCUT2D eigenvalue weighted by molar-refractivity contribution is -0.118. The summed E-state index contributed by atoms with van der Waals surface area (Å²) in [5.41, 5.74) is 0.352. The van der Waals surface area contributed by atoms with E-state index in [2.05, 4.69) is 15.6 Å². The number of anilines is 1. The second-order valence-corrected chi connectivity index (χ2v) is 6.90. The largest absolute Gasteiger partial charge is 0.340 e. The van der Waals surface area contributed by atoms with E-state index in [0.29, 0.717) is 22.1 Å². The standard InChI is InChI=1S/C15H16ClN3O2S2/c1-22-8-6-12(14(21)19-15-17-7-9-23-15)18-13(20)10-4-2-3-5-11(10)16/h2-5,7,9,12H,6,8H2,1H3,(H,18,20)(H,17,19,21). The molecule has 0 saturated heterocycles. The molecule has 1 unspecified atom stereocenters. The summed E-state index contributed by atoms with van der Waals surface area (Å²) in [7, 11) is 0. The fraction of sp³-hybridized carbons (Fsp3) is 0.267. The summed E-state index contributed by atoms with van der Waals surface area (Å²) in [5, 5.41) is 8.10. The number of carbonyl (C=O) groups is 2. The molecule has 0 aliphatic carbocycles. The number of aromatic nitrogens is 1. The maximum absolute atomic E-state index is 12.4. The van der Waals surface area contributed by atoms with Crippen LogP contribution in [0.1, 0.15) is 16.8 Å². The molecule has 2 aromatic rings. The van der Waals surface area contributed by atoms with Gasteiger partial charge in [-0.15, -0.1) is 11.3 Å². The second kappa shape index (κ2) is 8.90. The van der Waals surface area contributed by atoms with E-state index < -0.39 is 6.04 Å². The van der Waals surface area contributed by atoms with E-state index in [1.165, 1.54) is 11.3 Å². The first-order valence-corrected chi connectivity index (χ1v) is 9.51. The van der Waals surface area contributed by atoms with Crippen molar-refractivity contribution in [2.45, 2.75) is 12.5 Å². The fourth-order valence-electron chi connectivity index (χ4n) is 1.86. The average Bonchev–Trinajstić information content (AvgIpc) is 3.04. The van der Waals surface area contributed by atoms with Gasteiger partial charge in [-0.3, -0.25) is 9.59 Å². The average molecular weight is 370 g/mol. The molecule has 1 heterocycles. The van der Waals surface area contributed by atoms with Crippen molar-refractivity contribution in [2.75, 3.05) is 17.3 Å². The van der Waals surface area contributed by atoms with Crippen LogP contribution in [0.25, 0.3) is 0 Å². The van der Waals surface area contributed by atoms with Crippen molar-refractivity contribution in [2.24, 2.45) is 0 Å². The molecule has 0 aliphatic rings. The smallest absolute Gasteiger partial charge is 0.253 e. The van der Waals surface area contributed by atoms with E-state index in [4.69, 9.17) is 11.6 Å². The van der Waals surface area contributed by atoms with Crippen molar-refractivity contribution in [1.29, 1.82) is 0 Å². The highest BCUT2D eigenvalue weighted by Crippen LogP contribution is 2.16. The fourth-order valence-corrected chi connectivity index (χ4v) is 3.09. The number of nitrogens with zero attached hydrogens (tertiary/aromatic N) is 1. The van der Waals surface area contributed by atoms with E-state index in [9.17, 15) is 9.59 Å². The molecular weight excluding hydrogens is 354 g/mol. The van der Waals surface area contributed by atoms with Crippen LogP contribution in [-0.2, 0) is 4.79 Å². The van der Waals surface area contributed by atoms with Crippen molar-refractivity contribution in [1.82, 2.24) is 10.3 Å². The maximum atomic E-state index is 12.4. The van der Waals surface area contributed by atoms with Gasteiger partial charge in [-0.1, -0.05) is 23.7 Å². The number of halogens is 1. The quantitative estimate of drug-likeness (QED) is 0.785. The molecule has 1 aromatic heterocycles. The van der Waals surface area contributed by atoms with Gasteiger partial charge < -0.3 is 10.6 Å². The summed E-state index contributed by atoms with van der Waals surface area (Å²) >= 11 is 8.97. The first-order valence-electron chi connectivity index (χ1n) is 6.86. The molecule has 5 nitrogen and oxygen atoms in total. The molecule has 2 N–H and O–H groups in total. The second-order valence-electron chi connectivity index (χ2n) is 4.61. The number of hydrogen-bond acceptors (Lipinski definition) is 5. The molecule has 0 radical (unpaired) electrons. The Morgan fingerprint density at radius 2 is 2.17 bits per heavy atom. The monoisotopic (exact) mass is 369 g/mol. The molecule has 8 heteroatoms. The Balaban J connectivity index is 2.07. The van der Waals surface area contributed by atoms with Crippen LogP contribution in [0.5, 0.6) is 0 Å². The Morgan fingerprint density at radius 1 is 1.39 bits per heavy atom. The first kappa shape index (κ1) is 17.8. The molecular formula is C15H16ClN3O2S2. The molecule has 0 fully saturated rings. The number of hydrogen-bond donors (Lipinski definition) is 2. The van der Waals surface area contributed by atoms with Crippen molar-refractivity contribution in [3.05, 3.63) is 46.4 Å². The maximum Gasteiger partial charge on any atom is 0.253 e. The molecule has 0 aliphatic heterocycles. The minimum absolute atomic E-state index is 0.283. The summed E-state index contributed by atoms with van der Waals surface area (Å²) in [6.07, 6.45) is 4.08. The normalized spacial score (nSPS) is 11.7. The van der Waals surface area contributed by atoms with E-state index in [-0.39, 0.29) is 11.8 Å². The Morgan fingerprint density at radius 3 is 2.83 bits per heavy atom. The number of thioether (sulfide) groups is 1. The molecule has 1 atom stereocenters. The Labute approximate surface area is 147 Å². The highest BCUT2D eigenvalue weighted by Gasteiger charge is 2.22. The van der Waals surface area contributed by atoms with Crippen LogP contribution in [0.3, 0.4) is 0 Å². The van der Waals surface area contributed by atoms with Crippen LogP contribution < -0.4 is 10.6 Å². The molecule has 2 rings (SSSR count). The highest BCUT2D eigenvalue weighted by atomic mass is 35.5. The van der Waals surface area contributed by atoms with E-state index in [0.717, 1.165) is 5.75 Å². The molecule has 1 aromatic carbocycles. The minimum Gasteiger partial charge on any atom is -0.340 e.